The number of Topliss-reactive ketones (excluding diaryl/α,β-unsaturated/α-hetero) is 1. The topological polar surface area (TPSA) is 99.2 Å². The first-order valence-electron chi connectivity index (χ1n) is 20.0. The third-order valence-electron chi connectivity index (χ3n) is 7.61. The van der Waals surface area contributed by atoms with Gasteiger partial charge in [-0.3, -0.25) is 9.69 Å². The number of carbonyl (C=O) groups excluding carboxylic acids is 4. The first-order chi connectivity index (χ1) is 24.0. The molecule has 0 aliphatic carbocycles. The molecule has 0 aromatic carbocycles. The molecule has 0 amide bonds. The first-order valence-corrected chi connectivity index (χ1v) is 20.0. The van der Waals surface area contributed by atoms with Crippen molar-refractivity contribution < 1.29 is 38.1 Å². The van der Waals surface area contributed by atoms with Gasteiger partial charge in [-0.25, -0.2) is 0 Å². The van der Waals surface area contributed by atoms with Gasteiger partial charge >= 0.3 is 5.97 Å². The highest BCUT2D eigenvalue weighted by Crippen LogP contribution is 2.24. The van der Waals surface area contributed by atoms with Crippen molar-refractivity contribution in [1.29, 1.82) is 0 Å². The van der Waals surface area contributed by atoms with Crippen molar-refractivity contribution in [1.82, 2.24) is 4.90 Å². The lowest BCUT2D eigenvalue weighted by Gasteiger charge is -2.23. The Morgan fingerprint density at radius 3 is 1.48 bits per heavy atom. The Balaban J connectivity index is -0.000000136. The van der Waals surface area contributed by atoms with E-state index >= 15 is 0 Å². The van der Waals surface area contributed by atoms with Gasteiger partial charge in [0.15, 0.2) is 0 Å². The highest BCUT2D eigenvalue weighted by Gasteiger charge is 2.18. The fraction of sp³-hybridized carbons (Fsp3) is 0.902. The van der Waals surface area contributed by atoms with Crippen LogP contribution in [0, 0.1) is 17.8 Å². The van der Waals surface area contributed by atoms with Crippen LogP contribution in [0.25, 0.3) is 0 Å². The van der Waals surface area contributed by atoms with Gasteiger partial charge in [0.05, 0.1) is 32.8 Å². The van der Waals surface area contributed by atoms with Gasteiger partial charge in [-0.15, -0.1) is 0 Å². The Morgan fingerprint density at radius 2 is 1.12 bits per heavy atom. The van der Waals surface area contributed by atoms with Gasteiger partial charge in [-0.05, 0) is 55.4 Å². The molecule has 0 aliphatic heterocycles. The number of hydrogen-bond acceptors (Lipinski definition) is 8. The largest absolute Gasteiger partial charge is 0.465 e. The van der Waals surface area contributed by atoms with E-state index in [1.807, 2.05) is 27.7 Å². The van der Waals surface area contributed by atoms with E-state index in [0.717, 1.165) is 32.3 Å². The van der Waals surface area contributed by atoms with Gasteiger partial charge < -0.3 is 23.9 Å². The number of halogens is 1. The van der Waals surface area contributed by atoms with Gasteiger partial charge in [-0.1, -0.05) is 146 Å². The number of esters is 1. The minimum atomic E-state index is -0.378. The molecule has 304 valence electrons. The summed E-state index contributed by atoms with van der Waals surface area (Å²) < 4.78 is 21.8. The van der Waals surface area contributed by atoms with Crippen LogP contribution >= 0.6 is 0 Å². The molecule has 0 saturated heterocycles. The Morgan fingerprint density at radius 1 is 0.700 bits per heavy atom. The number of nitrogens with zero attached hydrogens (tertiary/aromatic N) is 1. The minimum absolute atomic E-state index is 0.00663. The van der Waals surface area contributed by atoms with Crippen molar-refractivity contribution in [3.05, 3.63) is 0 Å². The summed E-state index contributed by atoms with van der Waals surface area (Å²) in [6.45, 7) is 25.9. The van der Waals surface area contributed by atoms with E-state index in [1.54, 1.807) is 7.11 Å². The Labute approximate surface area is 310 Å². The summed E-state index contributed by atoms with van der Waals surface area (Å²) in [5.74, 6) is 1.40. The van der Waals surface area contributed by atoms with E-state index in [9.17, 15) is 23.7 Å². The summed E-state index contributed by atoms with van der Waals surface area (Å²) in [6.07, 6.45) is 19.6. The van der Waals surface area contributed by atoms with Crippen molar-refractivity contribution in [2.75, 3.05) is 46.6 Å². The number of unbranched alkanes of at least 4 members (excludes halogenated alkanes) is 10. The molecule has 0 rings (SSSR count). The molecule has 0 N–H and O–H groups in total. The Hall–Kier alpha value is -1.71. The molecule has 0 saturated carbocycles. The van der Waals surface area contributed by atoms with E-state index < -0.39 is 0 Å². The second-order valence-corrected chi connectivity index (χ2v) is 12.4. The van der Waals surface area contributed by atoms with E-state index in [-0.39, 0.29) is 38.0 Å². The van der Waals surface area contributed by atoms with E-state index in [4.69, 9.17) is 9.47 Å². The highest BCUT2D eigenvalue weighted by molar-refractivity contribution is 5.73. The first kappa shape index (κ1) is 60.4. The van der Waals surface area contributed by atoms with Crippen LogP contribution in [0.3, 0.4) is 0 Å². The molecule has 0 fully saturated rings. The molecule has 0 aromatic rings. The van der Waals surface area contributed by atoms with Crippen LogP contribution in [-0.2, 0) is 33.6 Å². The van der Waals surface area contributed by atoms with Gasteiger partial charge in [0.25, 0.3) is 0 Å². The molecule has 50 heavy (non-hydrogen) atoms. The van der Waals surface area contributed by atoms with Gasteiger partial charge in [-0.2, -0.15) is 4.94 Å². The van der Waals surface area contributed by atoms with Gasteiger partial charge in [0.1, 0.15) is 18.4 Å². The third-order valence-corrected chi connectivity index (χ3v) is 7.61. The molecule has 0 radical (unpaired) electrons. The molecular formula is C41H86FNO7. The maximum absolute atomic E-state index is 11.8. The molecule has 0 aliphatic rings. The minimum Gasteiger partial charge on any atom is -0.465 e. The number of ether oxygens (including phenoxy) is 2. The number of carbonyl (C=O) groups is 4. The van der Waals surface area contributed by atoms with E-state index in [1.165, 1.54) is 89.4 Å². The molecular weight excluding hydrogens is 637 g/mol. The SMILES string of the molecule is CC.CC.CC(C)=O.CCC(C)CC(COF)C(C)CC.CCCCCCCCOC.CCCCCCCCOC(=O)CN(CC=O)CC=O. The smallest absolute Gasteiger partial charge is 0.320 e. The number of aldehydes is 2. The highest BCUT2D eigenvalue weighted by atomic mass is 19.3. The van der Waals surface area contributed by atoms with Crippen LogP contribution in [-0.4, -0.2) is 75.8 Å². The van der Waals surface area contributed by atoms with E-state index in [2.05, 4.69) is 46.5 Å². The van der Waals surface area contributed by atoms with Crippen molar-refractivity contribution in [2.24, 2.45) is 17.8 Å². The van der Waals surface area contributed by atoms with Gasteiger partial charge in [0.2, 0.25) is 0 Å². The third kappa shape index (κ3) is 61.5. The lowest BCUT2D eigenvalue weighted by Crippen LogP contribution is -2.34. The van der Waals surface area contributed by atoms with Crippen LogP contribution in [0.1, 0.15) is 179 Å². The average molecular weight is 724 g/mol. The lowest BCUT2D eigenvalue weighted by molar-refractivity contribution is -0.151. The zero-order valence-corrected chi connectivity index (χ0v) is 35.4. The summed E-state index contributed by atoms with van der Waals surface area (Å²) in [6, 6.07) is 0. The maximum Gasteiger partial charge on any atom is 0.320 e. The number of ketones is 1. The number of hydrogen-bond donors (Lipinski definition) is 0. The van der Waals surface area contributed by atoms with Crippen LogP contribution in [0.2, 0.25) is 0 Å². The predicted octanol–water partition coefficient (Wildman–Crippen LogP) is 11.2. The predicted molar refractivity (Wildman–Crippen MR) is 211 cm³/mol. The Bertz CT molecular complexity index is 630. The quantitative estimate of drug-likeness (QED) is 0.0469. The van der Waals surface area contributed by atoms with Gasteiger partial charge in [0, 0.05) is 13.7 Å². The second-order valence-electron chi connectivity index (χ2n) is 12.4. The number of rotatable bonds is 27. The molecule has 0 aromatic heterocycles. The standard InChI is InChI=1S/C14H25NO4.C11H23FO.C9H20O.C3H6O.2C2H6/c1-2-3-4-5-6-7-12-19-14(18)13-15(8-10-16)9-11-17;1-5-9(3)7-11(8-13-12)10(4)6-2;1-3-4-5-6-7-8-9-10-2;1-3(2)4;2*1-2/h10-11H,2-9,12-13H2,1H3;9-11H,5-8H2,1-4H3;3-9H2,1-2H3;1-2H3;2*1-2H3. The van der Waals surface area contributed by atoms with Crippen LogP contribution in [0.15, 0.2) is 0 Å². The summed E-state index contributed by atoms with van der Waals surface area (Å²) in [4.78, 5) is 46.8. The second kappa shape index (κ2) is 56.7. The summed E-state index contributed by atoms with van der Waals surface area (Å²) in [5, 5.41) is 0. The van der Waals surface area contributed by atoms with Crippen molar-refractivity contribution in [3.8, 4) is 0 Å². The zero-order chi connectivity index (χ0) is 39.8. The van der Waals surface area contributed by atoms with Crippen LogP contribution in [0.4, 0.5) is 4.53 Å². The van der Waals surface area contributed by atoms with Crippen LogP contribution in [0.5, 0.6) is 0 Å². The molecule has 0 spiro atoms. The van der Waals surface area contributed by atoms with E-state index in [0.29, 0.717) is 36.9 Å². The summed E-state index contributed by atoms with van der Waals surface area (Å²) in [5.41, 5.74) is 0. The summed E-state index contributed by atoms with van der Waals surface area (Å²) in [7, 11) is 1.77. The van der Waals surface area contributed by atoms with Crippen molar-refractivity contribution in [2.45, 2.75) is 179 Å². The fourth-order valence-electron chi connectivity index (χ4n) is 4.30. The monoisotopic (exact) mass is 724 g/mol. The lowest BCUT2D eigenvalue weighted by atomic mass is 9.84. The summed E-state index contributed by atoms with van der Waals surface area (Å²) >= 11 is 0. The fourth-order valence-corrected chi connectivity index (χ4v) is 4.30. The van der Waals surface area contributed by atoms with Crippen molar-refractivity contribution >= 4 is 24.3 Å². The molecule has 3 unspecified atom stereocenters. The molecule has 8 nitrogen and oxygen atoms in total. The average Bonchev–Trinajstić information content (AvgIpc) is 3.11. The van der Waals surface area contributed by atoms with Crippen molar-refractivity contribution in [3.63, 3.8) is 0 Å². The molecule has 9 heteroatoms. The maximum atomic E-state index is 11.8. The molecule has 0 heterocycles. The van der Waals surface area contributed by atoms with Crippen LogP contribution < -0.4 is 0 Å². The Kier molecular flexibility index (Phi) is 68.4. The number of methoxy groups -OCH3 is 1. The normalized spacial score (nSPS) is 11.5. The zero-order valence-electron chi connectivity index (χ0n) is 35.4. The molecule has 0 bridgehead atoms. The molecule has 3 atom stereocenters.